The van der Waals surface area contributed by atoms with Crippen LogP contribution in [0.2, 0.25) is 0 Å². The zero-order valence-corrected chi connectivity index (χ0v) is 19.3. The average molecular weight is 425 g/mol. The normalized spacial score (nSPS) is 16.0. The molecule has 0 spiro atoms. The number of carbonyl (C=O) groups excluding carboxylic acids is 1. The maximum Gasteiger partial charge on any atom is 0.261 e. The molecule has 168 valence electrons. The lowest BCUT2D eigenvalue weighted by molar-refractivity contribution is -0.128. The molecule has 31 heavy (non-hydrogen) atoms. The Morgan fingerprint density at radius 2 is 1.65 bits per heavy atom. The predicted octanol–water partition coefficient (Wildman–Crippen LogP) is 4.29. The van der Waals surface area contributed by atoms with E-state index in [1.807, 2.05) is 19.1 Å². The number of ether oxygens (including phenoxy) is 2. The summed E-state index contributed by atoms with van der Waals surface area (Å²) in [7, 11) is 0. The molecule has 1 fully saturated rings. The Labute approximate surface area is 186 Å². The van der Waals surface area contributed by atoms with Gasteiger partial charge in [0.2, 0.25) is 0 Å². The first kappa shape index (κ1) is 23.3. The third-order valence-corrected chi connectivity index (χ3v) is 5.66. The topological polar surface area (TPSA) is 50.8 Å². The van der Waals surface area contributed by atoms with Crippen molar-refractivity contribution in [1.82, 2.24) is 10.2 Å². The van der Waals surface area contributed by atoms with Crippen LogP contribution in [-0.4, -0.2) is 43.2 Å². The van der Waals surface area contributed by atoms with Crippen molar-refractivity contribution in [3.05, 3.63) is 65.2 Å². The number of hydrogen-bond acceptors (Lipinski definition) is 4. The molecule has 1 saturated heterocycles. The Balaban J connectivity index is 1.49. The zero-order chi connectivity index (χ0) is 22.3. The van der Waals surface area contributed by atoms with Gasteiger partial charge in [-0.25, -0.2) is 0 Å². The van der Waals surface area contributed by atoms with E-state index in [0.717, 1.165) is 44.2 Å². The maximum absolute atomic E-state index is 12.7. The second-order valence-electron chi connectivity index (χ2n) is 9.21. The van der Waals surface area contributed by atoms with E-state index < -0.39 is 6.10 Å². The summed E-state index contributed by atoms with van der Waals surface area (Å²) in [5.74, 6) is 0.641. The first-order chi connectivity index (χ1) is 14.8. The van der Waals surface area contributed by atoms with E-state index in [0.29, 0.717) is 13.0 Å². The van der Waals surface area contributed by atoms with Gasteiger partial charge in [0.25, 0.3) is 5.91 Å². The molecule has 0 radical (unpaired) electrons. The fourth-order valence-corrected chi connectivity index (χ4v) is 3.60. The Morgan fingerprint density at radius 3 is 2.23 bits per heavy atom. The Morgan fingerprint density at radius 1 is 1.03 bits per heavy atom. The molecule has 0 aromatic heterocycles. The monoisotopic (exact) mass is 424 g/mol. The van der Waals surface area contributed by atoms with Crippen LogP contribution in [0.1, 0.15) is 50.8 Å². The van der Waals surface area contributed by atoms with Gasteiger partial charge >= 0.3 is 0 Å². The zero-order valence-electron chi connectivity index (χ0n) is 19.3. The minimum absolute atomic E-state index is 0.0835. The van der Waals surface area contributed by atoms with E-state index in [1.54, 1.807) is 0 Å². The molecule has 5 heteroatoms. The molecule has 0 unspecified atom stereocenters. The molecule has 1 N–H and O–H groups in total. The van der Waals surface area contributed by atoms with Gasteiger partial charge in [-0.3, -0.25) is 9.69 Å². The van der Waals surface area contributed by atoms with Crippen molar-refractivity contribution >= 4 is 5.91 Å². The molecule has 5 nitrogen and oxygen atoms in total. The quantitative estimate of drug-likeness (QED) is 0.687. The van der Waals surface area contributed by atoms with Gasteiger partial charge < -0.3 is 14.8 Å². The van der Waals surface area contributed by atoms with Crippen LogP contribution < -0.4 is 10.1 Å². The van der Waals surface area contributed by atoms with Crippen molar-refractivity contribution in [2.45, 2.75) is 58.7 Å². The summed E-state index contributed by atoms with van der Waals surface area (Å²) in [4.78, 5) is 15.1. The number of morpholine rings is 1. The van der Waals surface area contributed by atoms with Crippen LogP contribution in [-0.2, 0) is 28.0 Å². The van der Waals surface area contributed by atoms with E-state index in [1.165, 1.54) is 11.1 Å². The SMILES string of the molecule is CC[C@H](Oc1ccc(C(C)(C)C)cc1)C(=O)NCc1ccc(CN2CCOCC2)cc1. The number of hydrogen-bond donors (Lipinski definition) is 1. The molecule has 2 aromatic carbocycles. The van der Waals surface area contributed by atoms with Crippen LogP contribution in [0.4, 0.5) is 0 Å². The third kappa shape index (κ3) is 7.08. The van der Waals surface area contributed by atoms with Crippen molar-refractivity contribution in [1.29, 1.82) is 0 Å². The standard InChI is InChI=1S/C26H36N2O3/c1-5-24(31-23-12-10-22(11-13-23)26(2,3)4)25(29)27-18-20-6-8-21(9-7-20)19-28-14-16-30-17-15-28/h6-13,24H,5,14-19H2,1-4H3,(H,27,29)/t24-/m0/s1. The summed E-state index contributed by atoms with van der Waals surface area (Å²) in [6.45, 7) is 13.5. The Bertz CT molecular complexity index is 819. The van der Waals surface area contributed by atoms with Gasteiger partial charge in [-0.15, -0.1) is 0 Å². The van der Waals surface area contributed by atoms with Crippen LogP contribution in [0.3, 0.4) is 0 Å². The molecule has 1 aliphatic heterocycles. The van der Waals surface area contributed by atoms with Gasteiger partial charge in [0.05, 0.1) is 13.2 Å². The van der Waals surface area contributed by atoms with Gasteiger partial charge in [-0.2, -0.15) is 0 Å². The maximum atomic E-state index is 12.7. The molecule has 1 amide bonds. The number of rotatable bonds is 8. The second-order valence-corrected chi connectivity index (χ2v) is 9.21. The lowest BCUT2D eigenvalue weighted by atomic mass is 9.87. The number of benzene rings is 2. The summed E-state index contributed by atoms with van der Waals surface area (Å²) >= 11 is 0. The summed E-state index contributed by atoms with van der Waals surface area (Å²) in [5, 5.41) is 3.02. The summed E-state index contributed by atoms with van der Waals surface area (Å²) in [5.41, 5.74) is 3.71. The van der Waals surface area contributed by atoms with Gasteiger partial charge in [0, 0.05) is 26.2 Å². The summed E-state index contributed by atoms with van der Waals surface area (Å²) in [6.07, 6.45) is 0.117. The first-order valence-electron chi connectivity index (χ1n) is 11.3. The smallest absolute Gasteiger partial charge is 0.261 e. The first-order valence-corrected chi connectivity index (χ1v) is 11.3. The lowest BCUT2D eigenvalue weighted by Gasteiger charge is -2.26. The molecule has 1 aliphatic rings. The fraction of sp³-hybridized carbons (Fsp3) is 0.500. The van der Waals surface area contributed by atoms with Crippen molar-refractivity contribution in [3.63, 3.8) is 0 Å². The van der Waals surface area contributed by atoms with Crippen LogP contribution >= 0.6 is 0 Å². The van der Waals surface area contributed by atoms with Crippen molar-refractivity contribution in [2.75, 3.05) is 26.3 Å². The van der Waals surface area contributed by atoms with Crippen LogP contribution in [0.5, 0.6) is 5.75 Å². The van der Waals surface area contributed by atoms with E-state index >= 15 is 0 Å². The van der Waals surface area contributed by atoms with E-state index in [9.17, 15) is 4.79 Å². The highest BCUT2D eigenvalue weighted by Gasteiger charge is 2.19. The summed E-state index contributed by atoms with van der Waals surface area (Å²) in [6, 6.07) is 16.5. The number of carbonyl (C=O) groups is 1. The molecule has 1 heterocycles. The Kier molecular flexibility index (Phi) is 8.10. The lowest BCUT2D eigenvalue weighted by Crippen LogP contribution is -2.37. The van der Waals surface area contributed by atoms with Crippen molar-refractivity contribution in [2.24, 2.45) is 0 Å². The minimum atomic E-state index is -0.499. The van der Waals surface area contributed by atoms with E-state index in [-0.39, 0.29) is 11.3 Å². The molecule has 0 aliphatic carbocycles. The molecular weight excluding hydrogens is 388 g/mol. The highest BCUT2D eigenvalue weighted by molar-refractivity contribution is 5.81. The highest BCUT2D eigenvalue weighted by atomic mass is 16.5. The molecule has 0 bridgehead atoms. The van der Waals surface area contributed by atoms with Gasteiger partial charge in [0.15, 0.2) is 6.10 Å². The number of nitrogens with zero attached hydrogens (tertiary/aromatic N) is 1. The average Bonchev–Trinajstić information content (AvgIpc) is 2.77. The number of amides is 1. The predicted molar refractivity (Wildman–Crippen MR) is 124 cm³/mol. The minimum Gasteiger partial charge on any atom is -0.481 e. The number of nitrogens with one attached hydrogen (secondary N) is 1. The molecular formula is C26H36N2O3. The van der Waals surface area contributed by atoms with Gasteiger partial charge in [0.1, 0.15) is 5.75 Å². The highest BCUT2D eigenvalue weighted by Crippen LogP contribution is 2.25. The van der Waals surface area contributed by atoms with E-state index in [4.69, 9.17) is 9.47 Å². The fourth-order valence-electron chi connectivity index (χ4n) is 3.60. The van der Waals surface area contributed by atoms with Gasteiger partial charge in [-0.05, 0) is 40.7 Å². The van der Waals surface area contributed by atoms with Crippen LogP contribution in [0.25, 0.3) is 0 Å². The van der Waals surface area contributed by atoms with Crippen molar-refractivity contribution < 1.29 is 14.3 Å². The van der Waals surface area contributed by atoms with Gasteiger partial charge in [-0.1, -0.05) is 64.1 Å². The van der Waals surface area contributed by atoms with Crippen LogP contribution in [0, 0.1) is 0 Å². The summed E-state index contributed by atoms with van der Waals surface area (Å²) < 4.78 is 11.4. The second kappa shape index (κ2) is 10.8. The molecule has 0 saturated carbocycles. The largest absolute Gasteiger partial charge is 0.481 e. The third-order valence-electron chi connectivity index (χ3n) is 5.66. The Hall–Kier alpha value is -2.37. The molecule has 1 atom stereocenters. The van der Waals surface area contributed by atoms with Crippen LogP contribution in [0.15, 0.2) is 48.5 Å². The van der Waals surface area contributed by atoms with Crippen molar-refractivity contribution in [3.8, 4) is 5.75 Å². The molecule has 3 rings (SSSR count). The van der Waals surface area contributed by atoms with E-state index in [2.05, 4.69) is 67.4 Å². The molecule has 2 aromatic rings.